The molecule has 0 bridgehead atoms. The average Bonchev–Trinajstić information content (AvgIpc) is 3.54. The molecule has 38 heavy (non-hydrogen) atoms. The van der Waals surface area contributed by atoms with Gasteiger partial charge in [0.05, 0.1) is 13.2 Å². The predicted molar refractivity (Wildman–Crippen MR) is 164 cm³/mol. The first-order chi connectivity index (χ1) is 18.6. The minimum atomic E-state index is 0.633. The Labute approximate surface area is 236 Å². The Morgan fingerprint density at radius 1 is 0.605 bits per heavy atom. The standard InChI is InChI=1S/C32H42N2O2S2/c1-5-9-11-23(7-3)21-35-27-17-13-25(14-18-27)29-33-31-32(37-29)34-30(38-31)26-15-19-28(20-16-26)36-22-24(8-4)12-10-6-2/h13-20,23-24H,5-12,21-22H2,1-4H3. The second-order valence-corrected chi connectivity index (χ2v) is 12.1. The summed E-state index contributed by atoms with van der Waals surface area (Å²) in [6, 6.07) is 16.7. The van der Waals surface area contributed by atoms with Crippen molar-refractivity contribution >= 4 is 32.3 Å². The Kier molecular flexibility index (Phi) is 11.0. The van der Waals surface area contributed by atoms with Crippen molar-refractivity contribution in [3.05, 3.63) is 48.5 Å². The van der Waals surface area contributed by atoms with E-state index in [0.717, 1.165) is 55.5 Å². The second-order valence-electron chi connectivity index (χ2n) is 10.2. The van der Waals surface area contributed by atoms with Crippen molar-refractivity contribution in [3.8, 4) is 32.6 Å². The van der Waals surface area contributed by atoms with Crippen LogP contribution in [0, 0.1) is 11.8 Å². The molecule has 0 fully saturated rings. The largest absolute Gasteiger partial charge is 0.493 e. The number of aromatic nitrogens is 2. The van der Waals surface area contributed by atoms with Gasteiger partial charge in [-0.2, -0.15) is 0 Å². The molecule has 0 saturated heterocycles. The zero-order chi connectivity index (χ0) is 26.7. The quantitative estimate of drug-likeness (QED) is 0.139. The Hall–Kier alpha value is -2.44. The molecule has 0 amide bonds. The van der Waals surface area contributed by atoms with Gasteiger partial charge in [-0.05, 0) is 73.2 Å². The van der Waals surface area contributed by atoms with Gasteiger partial charge in [0.2, 0.25) is 0 Å². The van der Waals surface area contributed by atoms with Crippen LogP contribution in [0.3, 0.4) is 0 Å². The van der Waals surface area contributed by atoms with E-state index in [1.807, 2.05) is 0 Å². The van der Waals surface area contributed by atoms with E-state index in [-0.39, 0.29) is 0 Å². The van der Waals surface area contributed by atoms with Crippen LogP contribution in [0.1, 0.15) is 79.1 Å². The van der Waals surface area contributed by atoms with Gasteiger partial charge < -0.3 is 9.47 Å². The molecule has 0 aliphatic heterocycles. The molecule has 2 aromatic carbocycles. The van der Waals surface area contributed by atoms with Crippen LogP contribution in [0.25, 0.3) is 30.8 Å². The van der Waals surface area contributed by atoms with E-state index >= 15 is 0 Å². The van der Waals surface area contributed by atoms with Gasteiger partial charge in [-0.15, -0.1) is 0 Å². The Bertz CT molecular complexity index is 1110. The Balaban J connectivity index is 1.35. The summed E-state index contributed by atoms with van der Waals surface area (Å²) in [6.45, 7) is 10.6. The molecular weight excluding hydrogens is 508 g/mol. The summed E-state index contributed by atoms with van der Waals surface area (Å²) in [5.74, 6) is 3.13. The topological polar surface area (TPSA) is 44.2 Å². The fraction of sp³-hybridized carbons (Fsp3) is 0.500. The molecule has 2 heterocycles. The smallest absolute Gasteiger partial charge is 0.155 e. The van der Waals surface area contributed by atoms with E-state index < -0.39 is 0 Å². The van der Waals surface area contributed by atoms with E-state index in [9.17, 15) is 0 Å². The number of fused-ring (bicyclic) bond motifs is 1. The summed E-state index contributed by atoms with van der Waals surface area (Å²) in [7, 11) is 0. The van der Waals surface area contributed by atoms with Gasteiger partial charge >= 0.3 is 0 Å². The number of unbranched alkanes of at least 4 members (excludes halogenated alkanes) is 2. The van der Waals surface area contributed by atoms with Crippen LogP contribution in [-0.4, -0.2) is 23.2 Å². The van der Waals surface area contributed by atoms with Crippen molar-refractivity contribution in [2.45, 2.75) is 79.1 Å². The number of benzene rings is 2. The lowest BCUT2D eigenvalue weighted by Gasteiger charge is -2.15. The molecule has 0 N–H and O–H groups in total. The third-order valence-electron chi connectivity index (χ3n) is 7.24. The first-order valence-corrected chi connectivity index (χ1v) is 16.0. The maximum atomic E-state index is 6.08. The predicted octanol–water partition coefficient (Wildman–Crippen LogP) is 10.3. The number of hydrogen-bond donors (Lipinski definition) is 0. The first-order valence-electron chi connectivity index (χ1n) is 14.4. The summed E-state index contributed by atoms with van der Waals surface area (Å²) in [6.07, 6.45) is 9.85. The molecule has 0 radical (unpaired) electrons. The van der Waals surface area contributed by atoms with Crippen LogP contribution in [0.15, 0.2) is 48.5 Å². The highest BCUT2D eigenvalue weighted by atomic mass is 32.1. The minimum Gasteiger partial charge on any atom is -0.493 e. The fourth-order valence-corrected chi connectivity index (χ4v) is 6.55. The molecule has 4 rings (SSSR count). The minimum absolute atomic E-state index is 0.633. The number of rotatable bonds is 16. The number of hydrogen-bond acceptors (Lipinski definition) is 6. The van der Waals surface area contributed by atoms with Crippen LogP contribution in [-0.2, 0) is 0 Å². The second kappa shape index (κ2) is 14.6. The molecular formula is C32H42N2O2S2. The van der Waals surface area contributed by atoms with E-state index in [1.165, 1.54) is 51.4 Å². The van der Waals surface area contributed by atoms with Gasteiger partial charge in [-0.1, -0.05) is 88.9 Å². The normalized spacial score (nSPS) is 13.1. The molecule has 2 aromatic heterocycles. The molecule has 204 valence electrons. The zero-order valence-electron chi connectivity index (χ0n) is 23.4. The van der Waals surface area contributed by atoms with Crippen LogP contribution < -0.4 is 9.47 Å². The molecule has 4 aromatic rings. The van der Waals surface area contributed by atoms with E-state index in [4.69, 9.17) is 19.4 Å². The number of ether oxygens (including phenoxy) is 2. The van der Waals surface area contributed by atoms with Gasteiger partial charge in [0.25, 0.3) is 0 Å². The van der Waals surface area contributed by atoms with Crippen molar-refractivity contribution in [2.75, 3.05) is 13.2 Å². The number of thiazole rings is 2. The van der Waals surface area contributed by atoms with E-state index in [0.29, 0.717) is 11.8 Å². The maximum absolute atomic E-state index is 6.08. The molecule has 0 saturated carbocycles. The lowest BCUT2D eigenvalue weighted by Crippen LogP contribution is -2.11. The van der Waals surface area contributed by atoms with Crippen LogP contribution >= 0.6 is 22.7 Å². The molecule has 2 atom stereocenters. The van der Waals surface area contributed by atoms with Crippen LogP contribution in [0.5, 0.6) is 11.5 Å². The molecule has 0 spiro atoms. The third kappa shape index (κ3) is 7.79. The Morgan fingerprint density at radius 3 is 1.34 bits per heavy atom. The fourth-order valence-electron chi connectivity index (χ4n) is 4.50. The van der Waals surface area contributed by atoms with E-state index in [1.54, 1.807) is 22.7 Å². The van der Waals surface area contributed by atoms with Gasteiger partial charge in [-0.25, -0.2) is 9.97 Å². The molecule has 2 unspecified atom stereocenters. The van der Waals surface area contributed by atoms with Crippen molar-refractivity contribution < 1.29 is 9.47 Å². The highest BCUT2D eigenvalue weighted by Gasteiger charge is 2.14. The van der Waals surface area contributed by atoms with Crippen molar-refractivity contribution in [1.82, 2.24) is 9.97 Å². The van der Waals surface area contributed by atoms with Crippen molar-refractivity contribution in [3.63, 3.8) is 0 Å². The maximum Gasteiger partial charge on any atom is 0.155 e. The summed E-state index contributed by atoms with van der Waals surface area (Å²) in [4.78, 5) is 11.8. The number of nitrogens with zero attached hydrogens (tertiary/aromatic N) is 2. The monoisotopic (exact) mass is 550 g/mol. The summed E-state index contributed by atoms with van der Waals surface area (Å²) >= 11 is 3.30. The summed E-state index contributed by atoms with van der Waals surface area (Å²) in [5.41, 5.74) is 2.22. The zero-order valence-corrected chi connectivity index (χ0v) is 25.0. The van der Waals surface area contributed by atoms with Crippen molar-refractivity contribution in [2.24, 2.45) is 11.8 Å². The highest BCUT2D eigenvalue weighted by molar-refractivity contribution is 7.29. The molecule has 0 aliphatic carbocycles. The van der Waals surface area contributed by atoms with Gasteiger partial charge in [0.15, 0.2) is 9.66 Å². The SMILES string of the molecule is CCCCC(CC)COc1ccc(-c2nc3sc(-c4ccc(OCC(CC)CCCC)cc4)nc3s2)cc1. The summed E-state index contributed by atoms with van der Waals surface area (Å²) in [5, 5.41) is 2.01. The summed E-state index contributed by atoms with van der Waals surface area (Å²) < 4.78 is 12.2. The van der Waals surface area contributed by atoms with Crippen molar-refractivity contribution in [1.29, 1.82) is 0 Å². The van der Waals surface area contributed by atoms with E-state index in [2.05, 4.69) is 76.2 Å². The third-order valence-corrected chi connectivity index (χ3v) is 9.36. The first kappa shape index (κ1) is 28.6. The molecule has 6 heteroatoms. The lowest BCUT2D eigenvalue weighted by molar-refractivity contribution is 0.233. The average molecular weight is 551 g/mol. The highest BCUT2D eigenvalue weighted by Crippen LogP contribution is 2.37. The van der Waals surface area contributed by atoms with Gasteiger partial charge in [0.1, 0.15) is 21.5 Å². The van der Waals surface area contributed by atoms with Gasteiger partial charge in [-0.3, -0.25) is 0 Å². The Morgan fingerprint density at radius 2 is 1.00 bits per heavy atom. The van der Waals surface area contributed by atoms with Gasteiger partial charge in [0, 0.05) is 11.1 Å². The van der Waals surface area contributed by atoms with Crippen LogP contribution in [0.4, 0.5) is 0 Å². The molecule has 0 aliphatic rings. The lowest BCUT2D eigenvalue weighted by atomic mass is 10.0. The van der Waals surface area contributed by atoms with Crippen LogP contribution in [0.2, 0.25) is 0 Å². The molecule has 4 nitrogen and oxygen atoms in total.